The van der Waals surface area contributed by atoms with E-state index in [1.165, 1.54) is 0 Å². The van der Waals surface area contributed by atoms with Crippen molar-refractivity contribution in [1.82, 2.24) is 15.1 Å². The maximum absolute atomic E-state index is 10.1. The Morgan fingerprint density at radius 3 is 2.39 bits per heavy atom. The quantitative estimate of drug-likeness (QED) is 0.705. The highest BCUT2D eigenvalue weighted by molar-refractivity contribution is 5.30. The summed E-state index contributed by atoms with van der Waals surface area (Å²) in [5, 5.41) is 17.9. The van der Waals surface area contributed by atoms with Gasteiger partial charge in [-0.3, -0.25) is 0 Å². The van der Waals surface area contributed by atoms with Gasteiger partial charge in [0.05, 0.1) is 17.5 Å². The molecular weight excluding hydrogens is 286 g/mol. The van der Waals surface area contributed by atoms with Crippen LogP contribution in [0, 0.1) is 0 Å². The molecule has 23 heavy (non-hydrogen) atoms. The van der Waals surface area contributed by atoms with E-state index in [9.17, 15) is 5.11 Å². The average molecular weight is 307 g/mol. The molecule has 2 aromatic carbocycles. The van der Waals surface area contributed by atoms with Gasteiger partial charge in [0, 0.05) is 19.3 Å². The number of nitrogens with zero attached hydrogens (tertiary/aromatic N) is 2. The second kappa shape index (κ2) is 7.72. The maximum Gasteiger partial charge on any atom is 0.0766 e. The Bertz CT molecular complexity index is 710. The van der Waals surface area contributed by atoms with Crippen LogP contribution >= 0.6 is 0 Å². The van der Waals surface area contributed by atoms with E-state index in [4.69, 9.17) is 0 Å². The lowest BCUT2D eigenvalue weighted by Gasteiger charge is -2.11. The van der Waals surface area contributed by atoms with Gasteiger partial charge < -0.3 is 10.4 Å². The van der Waals surface area contributed by atoms with Crippen LogP contribution in [0.1, 0.15) is 11.3 Å². The molecule has 3 aromatic rings. The van der Waals surface area contributed by atoms with Gasteiger partial charge in [0.1, 0.15) is 0 Å². The van der Waals surface area contributed by atoms with Gasteiger partial charge in [-0.1, -0.05) is 48.5 Å². The summed E-state index contributed by atoms with van der Waals surface area (Å²) in [5.74, 6) is 0. The zero-order valence-corrected chi connectivity index (χ0v) is 13.0. The van der Waals surface area contributed by atoms with Crippen molar-refractivity contribution < 1.29 is 5.11 Å². The van der Waals surface area contributed by atoms with Gasteiger partial charge in [-0.25, -0.2) is 4.68 Å². The third-order valence-corrected chi connectivity index (χ3v) is 3.67. The fourth-order valence-electron chi connectivity index (χ4n) is 2.51. The van der Waals surface area contributed by atoms with Crippen LogP contribution in [0.4, 0.5) is 0 Å². The number of benzene rings is 2. The lowest BCUT2D eigenvalue weighted by Crippen LogP contribution is -2.28. The zero-order chi connectivity index (χ0) is 15.9. The van der Waals surface area contributed by atoms with Crippen molar-refractivity contribution in [1.29, 1.82) is 0 Å². The molecule has 0 fully saturated rings. The molecule has 4 heteroatoms. The highest BCUT2D eigenvalue weighted by atomic mass is 16.3. The summed E-state index contributed by atoms with van der Waals surface area (Å²) in [5.41, 5.74) is 3.15. The van der Waals surface area contributed by atoms with Crippen LogP contribution in [0.25, 0.3) is 5.69 Å². The molecule has 1 unspecified atom stereocenters. The summed E-state index contributed by atoms with van der Waals surface area (Å²) in [6.45, 7) is 1.19. The lowest BCUT2D eigenvalue weighted by molar-refractivity contribution is 0.171. The van der Waals surface area contributed by atoms with Crippen molar-refractivity contribution in [3.63, 3.8) is 0 Å². The van der Waals surface area contributed by atoms with Crippen LogP contribution in [0.15, 0.2) is 72.9 Å². The average Bonchev–Trinajstić information content (AvgIpc) is 3.05. The van der Waals surface area contributed by atoms with Gasteiger partial charge in [-0.15, -0.1) is 0 Å². The number of nitrogens with one attached hydrogen (secondary N) is 1. The van der Waals surface area contributed by atoms with Gasteiger partial charge in [0.15, 0.2) is 0 Å². The molecule has 1 atom stereocenters. The third kappa shape index (κ3) is 4.52. The van der Waals surface area contributed by atoms with Gasteiger partial charge in [0.2, 0.25) is 0 Å². The standard InChI is InChI=1S/C19H21N3O/c23-19(13-16-7-3-1-4-8-16)15-20-14-17-11-12-22(21-17)18-9-5-2-6-10-18/h1-12,19-20,23H,13-15H2. The second-order valence-electron chi connectivity index (χ2n) is 5.56. The molecule has 0 bridgehead atoms. The molecule has 0 aliphatic rings. The number of aromatic nitrogens is 2. The zero-order valence-electron chi connectivity index (χ0n) is 13.0. The Kier molecular flexibility index (Phi) is 5.19. The Morgan fingerprint density at radius 1 is 0.957 bits per heavy atom. The minimum atomic E-state index is -0.395. The second-order valence-corrected chi connectivity index (χ2v) is 5.56. The SMILES string of the molecule is OC(CNCc1ccn(-c2ccccc2)n1)Cc1ccccc1. The summed E-state index contributed by atoms with van der Waals surface area (Å²) in [6.07, 6.45) is 2.22. The Labute approximate surface area is 136 Å². The normalized spacial score (nSPS) is 12.2. The number of hydrogen-bond acceptors (Lipinski definition) is 3. The van der Waals surface area contributed by atoms with Crippen LogP contribution < -0.4 is 5.32 Å². The Hall–Kier alpha value is -2.43. The van der Waals surface area contributed by atoms with Crippen molar-refractivity contribution >= 4 is 0 Å². The molecule has 0 saturated heterocycles. The predicted molar refractivity (Wildman–Crippen MR) is 91.4 cm³/mol. The Balaban J connectivity index is 1.47. The summed E-state index contributed by atoms with van der Waals surface area (Å²) in [6, 6.07) is 22.0. The van der Waals surface area contributed by atoms with Crippen molar-refractivity contribution in [3.05, 3.63) is 84.2 Å². The molecule has 0 radical (unpaired) electrons. The van der Waals surface area contributed by atoms with E-state index in [1.54, 1.807) is 0 Å². The molecule has 0 saturated carbocycles. The van der Waals surface area contributed by atoms with Crippen molar-refractivity contribution in [2.75, 3.05) is 6.54 Å². The largest absolute Gasteiger partial charge is 0.391 e. The Morgan fingerprint density at radius 2 is 1.65 bits per heavy atom. The molecule has 118 valence electrons. The highest BCUT2D eigenvalue weighted by Crippen LogP contribution is 2.07. The van der Waals surface area contributed by atoms with Crippen LogP contribution in [0.2, 0.25) is 0 Å². The summed E-state index contributed by atoms with van der Waals surface area (Å²) < 4.78 is 1.86. The van der Waals surface area contributed by atoms with Gasteiger partial charge >= 0.3 is 0 Å². The van der Waals surface area contributed by atoms with Crippen LogP contribution in [0.5, 0.6) is 0 Å². The molecule has 3 rings (SSSR count). The molecule has 1 heterocycles. The number of rotatable bonds is 7. The molecule has 0 spiro atoms. The van der Waals surface area contributed by atoms with Gasteiger partial charge in [-0.05, 0) is 30.2 Å². The van der Waals surface area contributed by atoms with E-state index in [0.29, 0.717) is 19.5 Å². The summed E-state index contributed by atoms with van der Waals surface area (Å²) in [4.78, 5) is 0. The smallest absolute Gasteiger partial charge is 0.0766 e. The highest BCUT2D eigenvalue weighted by Gasteiger charge is 2.06. The topological polar surface area (TPSA) is 50.1 Å². The monoisotopic (exact) mass is 307 g/mol. The van der Waals surface area contributed by atoms with E-state index < -0.39 is 6.10 Å². The molecular formula is C19H21N3O. The molecule has 1 aromatic heterocycles. The minimum absolute atomic E-state index is 0.395. The molecule has 4 nitrogen and oxygen atoms in total. The van der Waals surface area contributed by atoms with Gasteiger partial charge in [-0.2, -0.15) is 5.10 Å². The number of para-hydroxylation sites is 1. The molecule has 0 amide bonds. The minimum Gasteiger partial charge on any atom is -0.391 e. The first-order chi connectivity index (χ1) is 11.3. The van der Waals surface area contributed by atoms with Gasteiger partial charge in [0.25, 0.3) is 0 Å². The van der Waals surface area contributed by atoms with Crippen molar-refractivity contribution in [2.24, 2.45) is 0 Å². The summed E-state index contributed by atoms with van der Waals surface area (Å²) in [7, 11) is 0. The number of hydrogen-bond donors (Lipinski definition) is 2. The maximum atomic E-state index is 10.1. The molecule has 2 N–H and O–H groups in total. The van der Waals surface area contributed by atoms with E-state index in [2.05, 4.69) is 10.4 Å². The van der Waals surface area contributed by atoms with E-state index >= 15 is 0 Å². The fourth-order valence-corrected chi connectivity index (χ4v) is 2.51. The molecule has 0 aliphatic carbocycles. The number of aliphatic hydroxyl groups is 1. The first-order valence-corrected chi connectivity index (χ1v) is 7.84. The van der Waals surface area contributed by atoms with Crippen molar-refractivity contribution in [2.45, 2.75) is 19.1 Å². The van der Waals surface area contributed by atoms with E-state index in [1.807, 2.05) is 77.6 Å². The van der Waals surface area contributed by atoms with E-state index in [0.717, 1.165) is 16.9 Å². The van der Waals surface area contributed by atoms with Crippen LogP contribution in [0.3, 0.4) is 0 Å². The molecule has 0 aliphatic heterocycles. The number of aliphatic hydroxyl groups excluding tert-OH is 1. The fraction of sp³-hybridized carbons (Fsp3) is 0.211. The first kappa shape index (κ1) is 15.5. The third-order valence-electron chi connectivity index (χ3n) is 3.67. The van der Waals surface area contributed by atoms with Crippen molar-refractivity contribution in [3.8, 4) is 5.69 Å². The summed E-state index contributed by atoms with van der Waals surface area (Å²) >= 11 is 0. The predicted octanol–water partition coefficient (Wildman–Crippen LogP) is 2.57. The lowest BCUT2D eigenvalue weighted by atomic mass is 10.1. The first-order valence-electron chi connectivity index (χ1n) is 7.84. The van der Waals surface area contributed by atoms with Crippen LogP contribution in [-0.4, -0.2) is 27.5 Å². The van der Waals surface area contributed by atoms with Crippen LogP contribution in [-0.2, 0) is 13.0 Å². The van der Waals surface area contributed by atoms with E-state index in [-0.39, 0.29) is 0 Å².